The van der Waals surface area contributed by atoms with Gasteiger partial charge >= 0.3 is 0 Å². The van der Waals surface area contributed by atoms with Gasteiger partial charge in [0.05, 0.1) is 7.11 Å². The predicted molar refractivity (Wildman–Crippen MR) is 127 cm³/mol. The van der Waals surface area contributed by atoms with E-state index in [2.05, 4.69) is 39.0 Å². The topological polar surface area (TPSA) is 35.5 Å². The van der Waals surface area contributed by atoms with Crippen LogP contribution in [0.25, 0.3) is 0 Å². The van der Waals surface area contributed by atoms with Crippen molar-refractivity contribution in [3.05, 3.63) is 29.3 Å². The highest BCUT2D eigenvalue weighted by Gasteiger charge is 2.35. The van der Waals surface area contributed by atoms with Crippen LogP contribution in [0.3, 0.4) is 0 Å². The molecule has 162 valence electrons. The molecule has 29 heavy (non-hydrogen) atoms. The van der Waals surface area contributed by atoms with Gasteiger partial charge in [-0.2, -0.15) is 0 Å². The van der Waals surface area contributed by atoms with Crippen LogP contribution in [0.2, 0.25) is 0 Å². The van der Waals surface area contributed by atoms with E-state index in [4.69, 9.17) is 21.7 Å². The fourth-order valence-corrected chi connectivity index (χ4v) is 4.53. The third-order valence-corrected chi connectivity index (χ3v) is 7.11. The van der Waals surface area contributed by atoms with Crippen LogP contribution in [0.15, 0.2) is 18.2 Å². The third-order valence-electron chi connectivity index (χ3n) is 6.09. The number of benzene rings is 1. The first-order chi connectivity index (χ1) is 13.8. The van der Waals surface area contributed by atoms with Gasteiger partial charge in [0.25, 0.3) is 0 Å². The summed E-state index contributed by atoms with van der Waals surface area (Å²) in [6, 6.07) is 6.52. The Morgan fingerprint density at radius 2 is 2.03 bits per heavy atom. The first-order valence-electron chi connectivity index (χ1n) is 10.8. The molecule has 2 atom stereocenters. The molecular weight excluding hydrogens is 400 g/mol. The van der Waals surface area contributed by atoms with Crippen LogP contribution in [0.4, 0.5) is 0 Å². The number of hydrogen-bond acceptors (Lipinski definition) is 5. The average Bonchev–Trinajstić information content (AvgIpc) is 2.71. The molecule has 0 bridgehead atoms. The Hall–Kier alpha value is -1.07. The average molecular weight is 437 g/mol. The number of carbonyl (C=O) groups excluding carboxylic acids is 1. The molecule has 0 N–H and O–H groups in total. The molecule has 2 rings (SSSR count). The summed E-state index contributed by atoms with van der Waals surface area (Å²) in [5.41, 5.74) is 2.44. The van der Waals surface area contributed by atoms with Crippen LogP contribution in [-0.4, -0.2) is 29.6 Å². The Morgan fingerprint density at radius 1 is 1.28 bits per heavy atom. The second-order valence-electron chi connectivity index (χ2n) is 8.65. The molecule has 1 fully saturated rings. The number of hydrogen-bond donors (Lipinski definition) is 0. The molecule has 1 saturated carbocycles. The summed E-state index contributed by atoms with van der Waals surface area (Å²) in [5.74, 6) is 1.12. The molecule has 0 spiro atoms. The van der Waals surface area contributed by atoms with E-state index >= 15 is 0 Å². The van der Waals surface area contributed by atoms with Gasteiger partial charge in [-0.3, -0.25) is 4.79 Å². The van der Waals surface area contributed by atoms with Gasteiger partial charge in [0, 0.05) is 24.3 Å². The van der Waals surface area contributed by atoms with E-state index in [0.717, 1.165) is 17.7 Å². The highest BCUT2D eigenvalue weighted by molar-refractivity contribution is 8.22. The van der Waals surface area contributed by atoms with Crippen LogP contribution in [0.1, 0.15) is 89.2 Å². The SMILES string of the molecule is CCCCCCC(C)(C)c1ccc([C@@H]2CC(=O)CC[C@@H]2OC(=S)SC)c(OC)c1. The minimum absolute atomic E-state index is 0.0157. The number of methoxy groups -OCH3 is 1. The van der Waals surface area contributed by atoms with Crippen LogP contribution < -0.4 is 4.74 Å². The van der Waals surface area contributed by atoms with Crippen molar-refractivity contribution in [1.29, 1.82) is 0 Å². The van der Waals surface area contributed by atoms with Crippen LogP contribution >= 0.6 is 24.0 Å². The Morgan fingerprint density at radius 3 is 2.69 bits per heavy atom. The second kappa shape index (κ2) is 11.4. The number of thioether (sulfide) groups is 1. The molecule has 0 heterocycles. The number of rotatable bonds is 9. The molecule has 1 aliphatic rings. The number of carbonyl (C=O) groups is 1. The van der Waals surface area contributed by atoms with Crippen molar-refractivity contribution in [2.24, 2.45) is 0 Å². The van der Waals surface area contributed by atoms with Gasteiger partial charge in [-0.1, -0.05) is 70.3 Å². The summed E-state index contributed by atoms with van der Waals surface area (Å²) in [6.45, 7) is 6.86. The maximum atomic E-state index is 12.2. The van der Waals surface area contributed by atoms with E-state index in [1.807, 2.05) is 6.26 Å². The molecule has 0 aliphatic heterocycles. The van der Waals surface area contributed by atoms with Gasteiger partial charge in [0.1, 0.15) is 17.6 Å². The zero-order valence-corrected chi connectivity index (χ0v) is 20.2. The molecule has 5 heteroatoms. The van der Waals surface area contributed by atoms with E-state index in [1.54, 1.807) is 7.11 Å². The maximum absolute atomic E-state index is 12.2. The highest BCUT2D eigenvalue weighted by atomic mass is 32.2. The molecule has 1 aromatic rings. The predicted octanol–water partition coefficient (Wildman–Crippen LogP) is 6.81. The van der Waals surface area contributed by atoms with Crippen molar-refractivity contribution in [3.63, 3.8) is 0 Å². The smallest absolute Gasteiger partial charge is 0.219 e. The van der Waals surface area contributed by atoms with Crippen LogP contribution in [0, 0.1) is 0 Å². The van der Waals surface area contributed by atoms with Crippen molar-refractivity contribution in [2.45, 2.75) is 89.6 Å². The number of ketones is 1. The van der Waals surface area contributed by atoms with Gasteiger partial charge in [-0.25, -0.2) is 0 Å². The lowest BCUT2D eigenvalue weighted by molar-refractivity contribution is -0.122. The van der Waals surface area contributed by atoms with Gasteiger partial charge in [0.15, 0.2) is 0 Å². The molecule has 0 aromatic heterocycles. The van der Waals surface area contributed by atoms with Crippen molar-refractivity contribution >= 4 is 34.1 Å². The van der Waals surface area contributed by atoms with E-state index in [1.165, 1.54) is 43.0 Å². The molecular formula is C24H36O3S2. The van der Waals surface area contributed by atoms with Crippen LogP contribution in [0.5, 0.6) is 5.75 Å². The minimum atomic E-state index is -0.0746. The normalized spacial score (nSPS) is 19.8. The first kappa shape index (κ1) is 24.2. The lowest BCUT2D eigenvalue weighted by Gasteiger charge is -2.33. The van der Waals surface area contributed by atoms with E-state index in [0.29, 0.717) is 23.6 Å². The summed E-state index contributed by atoms with van der Waals surface area (Å²) in [5, 5.41) is 0. The lowest BCUT2D eigenvalue weighted by Crippen LogP contribution is -2.31. The Balaban J connectivity index is 2.25. The molecule has 0 amide bonds. The standard InChI is InChI=1S/C24H36O3S2/c1-6-7-8-9-14-24(2,3)17-10-12-19(22(15-17)26-4)20-16-18(25)11-13-21(20)27-23(28)29-5/h10,12,15,20-21H,6-9,11,13-14,16H2,1-5H3/t20-,21-/m0/s1. The third kappa shape index (κ3) is 6.71. The second-order valence-corrected chi connectivity index (χ2v) is 10.1. The van der Waals surface area contributed by atoms with E-state index in [-0.39, 0.29) is 23.2 Å². The quantitative estimate of drug-likeness (QED) is 0.314. The Bertz CT molecular complexity index is 699. The van der Waals surface area contributed by atoms with Crippen molar-refractivity contribution in [3.8, 4) is 5.75 Å². The lowest BCUT2D eigenvalue weighted by atomic mass is 9.77. The summed E-state index contributed by atoms with van der Waals surface area (Å²) in [4.78, 5) is 12.2. The molecule has 0 saturated heterocycles. The largest absolute Gasteiger partial charge is 0.496 e. The Kier molecular flexibility index (Phi) is 9.48. The number of unbranched alkanes of at least 4 members (excludes halogenated alkanes) is 3. The van der Waals surface area contributed by atoms with E-state index < -0.39 is 0 Å². The number of Topliss-reactive ketones (excluding diaryl/α,β-unsaturated/α-hetero) is 1. The monoisotopic (exact) mass is 436 g/mol. The molecule has 3 nitrogen and oxygen atoms in total. The van der Waals surface area contributed by atoms with Crippen LogP contribution in [-0.2, 0) is 14.9 Å². The fraction of sp³-hybridized carbons (Fsp3) is 0.667. The maximum Gasteiger partial charge on any atom is 0.219 e. The van der Waals surface area contributed by atoms with Crippen molar-refractivity contribution in [1.82, 2.24) is 0 Å². The van der Waals surface area contributed by atoms with Crippen molar-refractivity contribution in [2.75, 3.05) is 13.4 Å². The van der Waals surface area contributed by atoms with Gasteiger partial charge in [0.2, 0.25) is 4.38 Å². The molecule has 1 aromatic carbocycles. The van der Waals surface area contributed by atoms with Gasteiger partial charge in [-0.05, 0) is 48.4 Å². The number of thiocarbonyl (C=S) groups is 1. The first-order valence-corrected chi connectivity index (χ1v) is 12.4. The van der Waals surface area contributed by atoms with E-state index in [9.17, 15) is 4.79 Å². The van der Waals surface area contributed by atoms with Gasteiger partial charge < -0.3 is 9.47 Å². The summed E-state index contributed by atoms with van der Waals surface area (Å²) in [7, 11) is 1.71. The minimum Gasteiger partial charge on any atom is -0.496 e. The summed E-state index contributed by atoms with van der Waals surface area (Å²) < 4.78 is 12.3. The zero-order chi connectivity index (χ0) is 21.4. The summed E-state index contributed by atoms with van der Waals surface area (Å²) >= 11 is 6.72. The van der Waals surface area contributed by atoms with Gasteiger partial charge in [-0.15, -0.1) is 0 Å². The zero-order valence-electron chi connectivity index (χ0n) is 18.6. The molecule has 0 radical (unpaired) electrons. The summed E-state index contributed by atoms with van der Waals surface area (Å²) in [6.07, 6.45) is 9.83. The number of ether oxygens (including phenoxy) is 2. The fourth-order valence-electron chi connectivity index (χ4n) is 4.18. The molecule has 0 unspecified atom stereocenters. The highest BCUT2D eigenvalue weighted by Crippen LogP contribution is 2.41. The molecule has 1 aliphatic carbocycles. The Labute approximate surface area is 186 Å². The van der Waals surface area contributed by atoms with Crippen molar-refractivity contribution < 1.29 is 14.3 Å².